The molecule has 0 spiro atoms. The summed E-state index contributed by atoms with van der Waals surface area (Å²) in [5, 5.41) is 3.32. The van der Waals surface area contributed by atoms with Gasteiger partial charge in [0.15, 0.2) is 0 Å². The summed E-state index contributed by atoms with van der Waals surface area (Å²) in [6.07, 6.45) is 2.13. The van der Waals surface area contributed by atoms with Crippen LogP contribution in [0.25, 0.3) is 0 Å². The number of esters is 1. The highest BCUT2D eigenvalue weighted by Gasteiger charge is 2.20. The number of nitrogens with one attached hydrogen (secondary N) is 1. The Morgan fingerprint density at radius 3 is 2.74 bits per heavy atom. The van der Waals surface area contributed by atoms with E-state index in [9.17, 15) is 9.59 Å². The minimum absolute atomic E-state index is 0.221. The van der Waals surface area contributed by atoms with Crippen LogP contribution < -0.4 is 5.32 Å². The lowest BCUT2D eigenvalue weighted by Gasteiger charge is -2.23. The van der Waals surface area contributed by atoms with Gasteiger partial charge >= 0.3 is 5.97 Å². The van der Waals surface area contributed by atoms with Gasteiger partial charge in [0.05, 0.1) is 6.61 Å². The molecule has 0 aromatic heterocycles. The van der Waals surface area contributed by atoms with E-state index < -0.39 is 11.8 Å². The molecule has 1 aliphatic heterocycles. The lowest BCUT2D eigenvalue weighted by atomic mass is 9.89. The Hall–Kier alpha value is -1.68. The molecule has 4 heteroatoms. The van der Waals surface area contributed by atoms with Gasteiger partial charge in [0.2, 0.25) is 0 Å². The maximum atomic E-state index is 11.9. The van der Waals surface area contributed by atoms with E-state index in [0.29, 0.717) is 11.5 Å². The molecule has 0 bridgehead atoms. The number of hydrogen-bond donors (Lipinski definition) is 1. The van der Waals surface area contributed by atoms with Crippen LogP contribution in [0.5, 0.6) is 0 Å². The Morgan fingerprint density at radius 2 is 2.05 bits per heavy atom. The van der Waals surface area contributed by atoms with Gasteiger partial charge in [0, 0.05) is 5.56 Å². The fraction of sp³-hybridized carbons (Fsp3) is 0.467. The zero-order valence-electron chi connectivity index (χ0n) is 11.1. The van der Waals surface area contributed by atoms with Gasteiger partial charge in [-0.3, -0.25) is 4.79 Å². The molecule has 1 aromatic rings. The fourth-order valence-electron chi connectivity index (χ4n) is 2.40. The van der Waals surface area contributed by atoms with Crippen molar-refractivity contribution in [2.45, 2.75) is 25.7 Å². The summed E-state index contributed by atoms with van der Waals surface area (Å²) in [5.74, 6) is -0.862. The van der Waals surface area contributed by atoms with E-state index in [0.717, 1.165) is 31.5 Å². The average molecular weight is 261 g/mol. The Kier molecular flexibility index (Phi) is 4.68. The molecule has 4 nitrogen and oxygen atoms in total. The minimum atomic E-state index is -0.773. The van der Waals surface area contributed by atoms with Gasteiger partial charge in [0.1, 0.15) is 0 Å². The molecule has 0 amide bonds. The van der Waals surface area contributed by atoms with Crippen molar-refractivity contribution in [3.63, 3.8) is 0 Å². The fourth-order valence-corrected chi connectivity index (χ4v) is 2.40. The molecular formula is C15H19NO3. The van der Waals surface area contributed by atoms with Gasteiger partial charge in [-0.2, -0.15) is 0 Å². The van der Waals surface area contributed by atoms with Crippen LogP contribution in [0.15, 0.2) is 24.3 Å². The van der Waals surface area contributed by atoms with Gasteiger partial charge < -0.3 is 10.1 Å². The second-order valence-electron chi connectivity index (χ2n) is 4.70. The number of benzene rings is 1. The van der Waals surface area contributed by atoms with Crippen LogP contribution in [0.1, 0.15) is 41.6 Å². The molecule has 0 radical (unpaired) electrons. The maximum absolute atomic E-state index is 11.9. The predicted octanol–water partition coefficient (Wildman–Crippen LogP) is 1.90. The molecule has 0 atom stereocenters. The van der Waals surface area contributed by atoms with E-state index in [4.69, 9.17) is 4.74 Å². The summed E-state index contributed by atoms with van der Waals surface area (Å²) >= 11 is 0. The summed E-state index contributed by atoms with van der Waals surface area (Å²) in [5.41, 5.74) is 1.56. The standard InChI is InChI=1S/C15H19NO3/c1-2-19-15(18)14(17)13-5-3-4-12(10-13)11-6-8-16-9-7-11/h3-5,10-11,16H,2,6-9H2,1H3. The number of Topliss-reactive ketones (excluding diaryl/α,β-unsaturated/α-hetero) is 1. The van der Waals surface area contributed by atoms with E-state index in [1.807, 2.05) is 18.2 Å². The lowest BCUT2D eigenvalue weighted by molar-refractivity contribution is -0.137. The number of carbonyl (C=O) groups is 2. The van der Waals surface area contributed by atoms with Crippen molar-refractivity contribution >= 4 is 11.8 Å². The third-order valence-corrected chi connectivity index (χ3v) is 3.42. The molecule has 1 aromatic carbocycles. The van der Waals surface area contributed by atoms with Crippen molar-refractivity contribution < 1.29 is 14.3 Å². The van der Waals surface area contributed by atoms with Crippen LogP contribution in [0.2, 0.25) is 0 Å². The first-order chi connectivity index (χ1) is 9.22. The number of ketones is 1. The van der Waals surface area contributed by atoms with E-state index >= 15 is 0 Å². The van der Waals surface area contributed by atoms with Crippen LogP contribution in [0, 0.1) is 0 Å². The minimum Gasteiger partial charge on any atom is -0.460 e. The van der Waals surface area contributed by atoms with Crippen molar-refractivity contribution in [1.29, 1.82) is 0 Å². The van der Waals surface area contributed by atoms with Crippen LogP contribution in [-0.2, 0) is 9.53 Å². The summed E-state index contributed by atoms with van der Waals surface area (Å²) in [6, 6.07) is 7.36. The van der Waals surface area contributed by atoms with Crippen LogP contribution in [0.3, 0.4) is 0 Å². The Morgan fingerprint density at radius 1 is 1.32 bits per heavy atom. The highest BCUT2D eigenvalue weighted by atomic mass is 16.5. The Bertz CT molecular complexity index is 464. The van der Waals surface area contributed by atoms with Crippen LogP contribution in [0.4, 0.5) is 0 Å². The number of hydrogen-bond acceptors (Lipinski definition) is 4. The van der Waals surface area contributed by atoms with Crippen molar-refractivity contribution in [3.8, 4) is 0 Å². The van der Waals surface area contributed by atoms with Crippen molar-refractivity contribution in [2.75, 3.05) is 19.7 Å². The van der Waals surface area contributed by atoms with Crippen LogP contribution >= 0.6 is 0 Å². The first-order valence-electron chi connectivity index (χ1n) is 6.74. The second kappa shape index (κ2) is 6.48. The molecule has 0 aliphatic carbocycles. The number of ether oxygens (including phenoxy) is 1. The van der Waals surface area contributed by atoms with Crippen molar-refractivity contribution in [2.24, 2.45) is 0 Å². The maximum Gasteiger partial charge on any atom is 0.379 e. The van der Waals surface area contributed by atoms with Gasteiger partial charge in [-0.1, -0.05) is 18.2 Å². The van der Waals surface area contributed by atoms with E-state index in [-0.39, 0.29) is 6.61 Å². The zero-order chi connectivity index (χ0) is 13.7. The Labute approximate surface area is 113 Å². The van der Waals surface area contributed by atoms with Gasteiger partial charge in [0.25, 0.3) is 5.78 Å². The highest BCUT2D eigenvalue weighted by Crippen LogP contribution is 2.25. The highest BCUT2D eigenvalue weighted by molar-refractivity contribution is 6.40. The summed E-state index contributed by atoms with van der Waals surface area (Å²) in [6.45, 7) is 3.91. The molecule has 2 rings (SSSR count). The number of rotatable bonds is 4. The first-order valence-corrected chi connectivity index (χ1v) is 6.74. The van der Waals surface area contributed by atoms with Gasteiger partial charge in [-0.15, -0.1) is 0 Å². The SMILES string of the molecule is CCOC(=O)C(=O)c1cccc(C2CCNCC2)c1. The lowest BCUT2D eigenvalue weighted by Crippen LogP contribution is -2.26. The molecule has 102 valence electrons. The van der Waals surface area contributed by atoms with E-state index in [1.165, 1.54) is 0 Å². The molecule has 1 aliphatic rings. The summed E-state index contributed by atoms with van der Waals surface area (Å²) < 4.78 is 4.74. The quantitative estimate of drug-likeness (QED) is 0.511. The largest absolute Gasteiger partial charge is 0.460 e. The first kappa shape index (κ1) is 13.7. The van der Waals surface area contributed by atoms with Gasteiger partial charge in [-0.25, -0.2) is 4.79 Å². The molecule has 1 fully saturated rings. The average Bonchev–Trinajstić information content (AvgIpc) is 2.48. The molecule has 1 heterocycles. The van der Waals surface area contributed by atoms with E-state index in [1.54, 1.807) is 13.0 Å². The molecule has 19 heavy (non-hydrogen) atoms. The van der Waals surface area contributed by atoms with Crippen molar-refractivity contribution in [1.82, 2.24) is 5.32 Å². The Balaban J connectivity index is 2.14. The van der Waals surface area contributed by atoms with Crippen LogP contribution in [-0.4, -0.2) is 31.4 Å². The third kappa shape index (κ3) is 3.41. The molecule has 1 saturated heterocycles. The summed E-state index contributed by atoms with van der Waals surface area (Å²) in [7, 11) is 0. The monoisotopic (exact) mass is 261 g/mol. The smallest absolute Gasteiger partial charge is 0.379 e. The number of carbonyl (C=O) groups excluding carboxylic acids is 2. The normalized spacial score (nSPS) is 16.1. The molecular weight excluding hydrogens is 242 g/mol. The number of piperidine rings is 1. The van der Waals surface area contributed by atoms with E-state index in [2.05, 4.69) is 5.32 Å². The molecule has 0 unspecified atom stereocenters. The zero-order valence-corrected chi connectivity index (χ0v) is 11.1. The second-order valence-corrected chi connectivity index (χ2v) is 4.70. The topological polar surface area (TPSA) is 55.4 Å². The molecule has 0 saturated carbocycles. The summed E-state index contributed by atoms with van der Waals surface area (Å²) in [4.78, 5) is 23.3. The van der Waals surface area contributed by atoms with Gasteiger partial charge in [-0.05, 0) is 50.4 Å². The van der Waals surface area contributed by atoms with Crippen molar-refractivity contribution in [3.05, 3.63) is 35.4 Å². The molecule has 1 N–H and O–H groups in total. The predicted molar refractivity (Wildman–Crippen MR) is 72.3 cm³/mol. The third-order valence-electron chi connectivity index (χ3n) is 3.42.